The molecule has 2 amide bonds. The topological polar surface area (TPSA) is 98.2 Å². The number of carbonyl (C=O) groups is 2. The molecule has 0 aliphatic rings. The lowest BCUT2D eigenvalue weighted by atomic mass is 10.1. The van der Waals surface area contributed by atoms with E-state index >= 15 is 0 Å². The van der Waals surface area contributed by atoms with E-state index in [1.807, 2.05) is 0 Å². The molecule has 0 aromatic heterocycles. The van der Waals surface area contributed by atoms with Crippen LogP contribution in [0.1, 0.15) is 20.7 Å². The molecule has 0 bridgehead atoms. The first-order chi connectivity index (χ1) is 9.47. The van der Waals surface area contributed by atoms with E-state index in [0.717, 1.165) is 6.07 Å². The summed E-state index contributed by atoms with van der Waals surface area (Å²) in [5.74, 6) is -1.64. The maximum atomic E-state index is 13.0. The second-order valence-corrected chi connectivity index (χ2v) is 4.14. The summed E-state index contributed by atoms with van der Waals surface area (Å²) in [5.41, 5.74) is 11.3. The van der Waals surface area contributed by atoms with Gasteiger partial charge in [-0.1, -0.05) is 6.07 Å². The van der Waals surface area contributed by atoms with Crippen molar-refractivity contribution >= 4 is 23.2 Å². The maximum absolute atomic E-state index is 13.0. The molecule has 0 unspecified atom stereocenters. The molecule has 0 atom stereocenters. The van der Waals surface area contributed by atoms with Crippen molar-refractivity contribution in [1.82, 2.24) is 0 Å². The lowest BCUT2D eigenvalue weighted by molar-refractivity contribution is 0.0996. The zero-order valence-corrected chi connectivity index (χ0v) is 10.4. The van der Waals surface area contributed by atoms with Crippen molar-refractivity contribution in [1.29, 1.82) is 0 Å². The van der Waals surface area contributed by atoms with Gasteiger partial charge in [0, 0.05) is 16.8 Å². The zero-order chi connectivity index (χ0) is 14.7. The van der Waals surface area contributed by atoms with Gasteiger partial charge in [0.2, 0.25) is 5.91 Å². The summed E-state index contributed by atoms with van der Waals surface area (Å²) in [6.45, 7) is 0. The molecule has 20 heavy (non-hydrogen) atoms. The molecule has 2 aromatic carbocycles. The molecule has 5 nitrogen and oxygen atoms in total. The van der Waals surface area contributed by atoms with Crippen LogP contribution in [-0.4, -0.2) is 11.8 Å². The molecule has 6 heteroatoms. The van der Waals surface area contributed by atoms with E-state index in [2.05, 4.69) is 5.32 Å². The Morgan fingerprint density at radius 2 is 1.80 bits per heavy atom. The van der Waals surface area contributed by atoms with Gasteiger partial charge in [0.15, 0.2) is 0 Å². The Hall–Kier alpha value is -2.89. The summed E-state index contributed by atoms with van der Waals surface area (Å²) >= 11 is 0. The predicted octanol–water partition coefficient (Wildman–Crippen LogP) is 1.76. The average molecular weight is 273 g/mol. The third kappa shape index (κ3) is 2.92. The summed E-state index contributed by atoms with van der Waals surface area (Å²) in [5, 5.41) is 2.58. The molecule has 0 spiro atoms. The normalized spacial score (nSPS) is 10.1. The van der Waals surface area contributed by atoms with Gasteiger partial charge in [-0.25, -0.2) is 4.39 Å². The van der Waals surface area contributed by atoms with Gasteiger partial charge in [-0.05, 0) is 36.4 Å². The van der Waals surface area contributed by atoms with E-state index in [0.29, 0.717) is 5.69 Å². The molecule has 0 saturated carbocycles. The van der Waals surface area contributed by atoms with E-state index in [9.17, 15) is 14.0 Å². The van der Waals surface area contributed by atoms with Gasteiger partial charge >= 0.3 is 0 Å². The van der Waals surface area contributed by atoms with Crippen LogP contribution in [0.3, 0.4) is 0 Å². The summed E-state index contributed by atoms with van der Waals surface area (Å²) in [4.78, 5) is 23.0. The second kappa shape index (κ2) is 5.40. The van der Waals surface area contributed by atoms with Crippen LogP contribution in [0.25, 0.3) is 0 Å². The van der Waals surface area contributed by atoms with E-state index in [1.165, 1.54) is 24.3 Å². The highest BCUT2D eigenvalue weighted by Gasteiger charge is 2.09. The largest absolute Gasteiger partial charge is 0.396 e. The van der Waals surface area contributed by atoms with Crippen molar-refractivity contribution in [2.45, 2.75) is 0 Å². The highest BCUT2D eigenvalue weighted by Crippen LogP contribution is 2.15. The summed E-state index contributed by atoms with van der Waals surface area (Å²) in [7, 11) is 0. The van der Waals surface area contributed by atoms with Crippen molar-refractivity contribution in [3.8, 4) is 0 Å². The number of hydrogen-bond donors (Lipinski definition) is 3. The van der Waals surface area contributed by atoms with E-state index in [1.54, 1.807) is 12.1 Å². The van der Waals surface area contributed by atoms with Gasteiger partial charge in [-0.15, -0.1) is 0 Å². The molecule has 0 fully saturated rings. The van der Waals surface area contributed by atoms with Crippen molar-refractivity contribution in [2.24, 2.45) is 5.73 Å². The molecule has 0 radical (unpaired) electrons. The van der Waals surface area contributed by atoms with E-state index in [4.69, 9.17) is 11.5 Å². The van der Waals surface area contributed by atoms with Crippen LogP contribution in [0, 0.1) is 5.82 Å². The fraction of sp³-hybridized carbons (Fsp3) is 0. The molecule has 2 rings (SSSR count). The first kappa shape index (κ1) is 13.5. The van der Waals surface area contributed by atoms with Crippen LogP contribution < -0.4 is 16.8 Å². The van der Waals surface area contributed by atoms with Crippen molar-refractivity contribution < 1.29 is 14.0 Å². The van der Waals surface area contributed by atoms with Gasteiger partial charge in [0.25, 0.3) is 5.91 Å². The third-order valence-electron chi connectivity index (χ3n) is 2.66. The Balaban J connectivity index is 2.21. The van der Waals surface area contributed by atoms with Crippen LogP contribution in [0.5, 0.6) is 0 Å². The first-order valence-electron chi connectivity index (χ1n) is 5.73. The molecule has 2 aromatic rings. The van der Waals surface area contributed by atoms with Crippen molar-refractivity contribution in [2.75, 3.05) is 11.1 Å². The quantitative estimate of drug-likeness (QED) is 0.743. The molecule has 0 aliphatic carbocycles. The minimum atomic E-state index is -0.591. The molecule has 0 saturated heterocycles. The minimum Gasteiger partial charge on any atom is -0.396 e. The van der Waals surface area contributed by atoms with E-state index < -0.39 is 17.6 Å². The number of benzene rings is 2. The van der Waals surface area contributed by atoms with Gasteiger partial charge < -0.3 is 16.8 Å². The van der Waals surface area contributed by atoms with Crippen molar-refractivity contribution in [3.05, 3.63) is 59.4 Å². The van der Waals surface area contributed by atoms with Gasteiger partial charge in [-0.3, -0.25) is 9.59 Å². The van der Waals surface area contributed by atoms with E-state index in [-0.39, 0.29) is 16.8 Å². The lowest BCUT2D eigenvalue weighted by Crippen LogP contribution is -2.14. The number of nitrogens with one attached hydrogen (secondary N) is 1. The molecule has 0 aliphatic heterocycles. The molecule has 5 N–H and O–H groups in total. The summed E-state index contributed by atoms with van der Waals surface area (Å²) < 4.78 is 13.0. The predicted molar refractivity (Wildman–Crippen MR) is 73.7 cm³/mol. The number of hydrogen-bond acceptors (Lipinski definition) is 3. The summed E-state index contributed by atoms with van der Waals surface area (Å²) in [6.07, 6.45) is 0. The highest BCUT2D eigenvalue weighted by molar-refractivity contribution is 6.05. The molecular formula is C14H12FN3O2. The number of rotatable bonds is 3. The summed E-state index contributed by atoms with van der Waals surface area (Å²) in [6, 6.07) is 9.86. The number of primary amides is 1. The molecular weight excluding hydrogens is 261 g/mol. The highest BCUT2D eigenvalue weighted by atomic mass is 19.1. The van der Waals surface area contributed by atoms with Gasteiger partial charge in [-0.2, -0.15) is 0 Å². The standard InChI is InChI=1S/C14H12FN3O2/c15-11-5-4-9(7-12(11)16)14(20)18-10-3-1-2-8(6-10)13(17)19/h1-7H,16H2,(H2,17,19)(H,18,20). The van der Waals surface area contributed by atoms with Crippen LogP contribution in [0.4, 0.5) is 15.8 Å². The number of carbonyl (C=O) groups excluding carboxylic acids is 2. The number of amides is 2. The van der Waals surface area contributed by atoms with Crippen molar-refractivity contribution in [3.63, 3.8) is 0 Å². The van der Waals surface area contributed by atoms with Gasteiger partial charge in [0.05, 0.1) is 5.69 Å². The van der Waals surface area contributed by atoms with Crippen LogP contribution in [0.2, 0.25) is 0 Å². The SMILES string of the molecule is NC(=O)c1cccc(NC(=O)c2ccc(F)c(N)c2)c1. The fourth-order valence-corrected chi connectivity index (χ4v) is 1.64. The number of anilines is 2. The lowest BCUT2D eigenvalue weighted by Gasteiger charge is -2.07. The van der Waals surface area contributed by atoms with Crippen LogP contribution in [0.15, 0.2) is 42.5 Å². The Bertz CT molecular complexity index is 686. The average Bonchev–Trinajstić information content (AvgIpc) is 2.42. The smallest absolute Gasteiger partial charge is 0.255 e. The Labute approximate surface area is 114 Å². The number of nitrogens with two attached hydrogens (primary N) is 2. The maximum Gasteiger partial charge on any atom is 0.255 e. The number of nitrogen functional groups attached to an aromatic ring is 1. The third-order valence-corrected chi connectivity index (χ3v) is 2.66. The Morgan fingerprint density at radius 3 is 2.45 bits per heavy atom. The Kier molecular flexibility index (Phi) is 3.65. The first-order valence-corrected chi connectivity index (χ1v) is 5.73. The zero-order valence-electron chi connectivity index (χ0n) is 10.4. The monoisotopic (exact) mass is 273 g/mol. The number of halogens is 1. The molecule has 102 valence electrons. The molecule has 0 heterocycles. The fourth-order valence-electron chi connectivity index (χ4n) is 1.64. The van der Waals surface area contributed by atoms with Crippen LogP contribution >= 0.6 is 0 Å². The Morgan fingerprint density at radius 1 is 1.05 bits per heavy atom. The second-order valence-electron chi connectivity index (χ2n) is 4.14. The van der Waals surface area contributed by atoms with Gasteiger partial charge in [0.1, 0.15) is 5.82 Å². The van der Waals surface area contributed by atoms with Crippen LogP contribution in [-0.2, 0) is 0 Å². The minimum absolute atomic E-state index is 0.108.